The topological polar surface area (TPSA) is 92.2 Å². The predicted molar refractivity (Wildman–Crippen MR) is 79.4 cm³/mol. The van der Waals surface area contributed by atoms with Crippen molar-refractivity contribution in [2.24, 2.45) is 0 Å². The molecule has 8 nitrogen and oxygen atoms in total. The van der Waals surface area contributed by atoms with Gasteiger partial charge in [0.25, 0.3) is 0 Å². The fraction of sp³-hybridized carbons (Fsp3) is 0.200. The number of carbonyl (C=O) groups is 1. The van der Waals surface area contributed by atoms with Gasteiger partial charge in [-0.05, 0) is 35.5 Å². The van der Waals surface area contributed by atoms with Crippen molar-refractivity contribution in [3.63, 3.8) is 0 Å². The quantitative estimate of drug-likeness (QED) is 0.658. The average Bonchev–Trinajstić information content (AvgIpc) is 3.17. The van der Waals surface area contributed by atoms with Gasteiger partial charge in [-0.2, -0.15) is 9.36 Å². The van der Waals surface area contributed by atoms with E-state index < -0.39 is 11.7 Å². The molecule has 0 fully saturated rings. The molecule has 0 saturated carbocycles. The van der Waals surface area contributed by atoms with Crippen molar-refractivity contribution in [2.75, 3.05) is 6.61 Å². The Morgan fingerprint density at radius 2 is 2.00 bits per heavy atom. The van der Waals surface area contributed by atoms with Crippen molar-refractivity contribution >= 4 is 5.97 Å². The number of rotatable bonds is 5. The predicted octanol–water partition coefficient (Wildman–Crippen LogP) is 1.25. The molecule has 2 heterocycles. The molecule has 2 aromatic heterocycles. The first kappa shape index (κ1) is 14.8. The molecule has 0 spiro atoms. The Kier molecular flexibility index (Phi) is 4.05. The number of furan rings is 1. The first-order valence-corrected chi connectivity index (χ1v) is 7.02. The maximum Gasteiger partial charge on any atom is 0.368 e. The molecule has 0 radical (unpaired) electrons. The molecule has 8 heteroatoms. The molecule has 118 valence electrons. The minimum atomic E-state index is -0.500. The first-order valence-electron chi connectivity index (χ1n) is 7.02. The van der Waals surface area contributed by atoms with E-state index in [4.69, 9.17) is 9.15 Å². The average molecular weight is 314 g/mol. The van der Waals surface area contributed by atoms with Crippen LogP contribution in [0.3, 0.4) is 0 Å². The number of esters is 1. The van der Waals surface area contributed by atoms with Crippen LogP contribution in [0, 0.1) is 0 Å². The smallest absolute Gasteiger partial charge is 0.368 e. The van der Waals surface area contributed by atoms with Gasteiger partial charge in [0, 0.05) is 0 Å². The minimum absolute atomic E-state index is 0.00713. The van der Waals surface area contributed by atoms with E-state index in [1.165, 1.54) is 17.0 Å². The third kappa shape index (κ3) is 2.91. The summed E-state index contributed by atoms with van der Waals surface area (Å²) in [6.45, 7) is 1.97. The van der Waals surface area contributed by atoms with Gasteiger partial charge in [-0.1, -0.05) is 18.2 Å². The van der Waals surface area contributed by atoms with Gasteiger partial charge in [0.15, 0.2) is 0 Å². The molecule has 23 heavy (non-hydrogen) atoms. The molecule has 0 aliphatic rings. The zero-order valence-corrected chi connectivity index (χ0v) is 12.4. The van der Waals surface area contributed by atoms with Crippen molar-refractivity contribution in [3.8, 4) is 5.69 Å². The molecule has 3 rings (SSSR count). The van der Waals surface area contributed by atoms with Crippen LogP contribution >= 0.6 is 0 Å². The Morgan fingerprint density at radius 1 is 1.22 bits per heavy atom. The zero-order chi connectivity index (χ0) is 16.2. The van der Waals surface area contributed by atoms with Crippen molar-refractivity contribution in [2.45, 2.75) is 13.5 Å². The number of hydrogen-bond acceptors (Lipinski definition) is 6. The molecule has 0 unspecified atom stereocenters. The number of ether oxygens (including phenoxy) is 1. The minimum Gasteiger partial charge on any atom is -0.466 e. The maximum absolute atomic E-state index is 12.3. The van der Waals surface area contributed by atoms with Crippen LogP contribution in [0.2, 0.25) is 0 Å². The summed E-state index contributed by atoms with van der Waals surface area (Å²) in [5, 5.41) is 7.66. The third-order valence-electron chi connectivity index (χ3n) is 3.17. The molecular weight excluding hydrogens is 300 g/mol. The van der Waals surface area contributed by atoms with Crippen molar-refractivity contribution in [3.05, 3.63) is 64.5 Å². The van der Waals surface area contributed by atoms with Crippen LogP contribution in [0.1, 0.15) is 23.0 Å². The van der Waals surface area contributed by atoms with E-state index >= 15 is 0 Å². The van der Waals surface area contributed by atoms with Crippen molar-refractivity contribution < 1.29 is 13.9 Å². The first-order chi connectivity index (χ1) is 11.2. The summed E-state index contributed by atoms with van der Waals surface area (Å²) in [6.07, 6.45) is 1.37. The van der Waals surface area contributed by atoms with Gasteiger partial charge in [0.2, 0.25) is 0 Å². The van der Waals surface area contributed by atoms with E-state index in [1.807, 2.05) is 6.07 Å². The van der Waals surface area contributed by atoms with E-state index in [1.54, 1.807) is 31.2 Å². The van der Waals surface area contributed by atoms with Crippen LogP contribution in [-0.4, -0.2) is 32.4 Å². The fourth-order valence-electron chi connectivity index (χ4n) is 2.09. The Balaban J connectivity index is 1.88. The molecule has 0 amide bonds. The second kappa shape index (κ2) is 6.30. The summed E-state index contributed by atoms with van der Waals surface area (Å²) in [7, 11) is 0. The maximum atomic E-state index is 12.3. The summed E-state index contributed by atoms with van der Waals surface area (Å²) < 4.78 is 12.5. The standard InChI is InChI=1S/C15H14N4O4/c1-2-22-14(20)12-8-9-23-13(12)10-18-15(21)19(17-16-18)11-6-4-3-5-7-11/h3-9H,2,10H2,1H3. The van der Waals surface area contributed by atoms with E-state index in [0.29, 0.717) is 11.4 Å². The van der Waals surface area contributed by atoms with E-state index in [9.17, 15) is 9.59 Å². The number of tetrazole rings is 1. The van der Waals surface area contributed by atoms with Gasteiger partial charge < -0.3 is 9.15 Å². The van der Waals surface area contributed by atoms with Crippen LogP contribution in [-0.2, 0) is 11.3 Å². The number of nitrogens with zero attached hydrogens (tertiary/aromatic N) is 4. The summed E-state index contributed by atoms with van der Waals surface area (Å²) >= 11 is 0. The number of hydrogen-bond donors (Lipinski definition) is 0. The van der Waals surface area contributed by atoms with E-state index in [-0.39, 0.29) is 18.7 Å². The zero-order valence-electron chi connectivity index (χ0n) is 12.4. The number of carbonyl (C=O) groups excluding carboxylic acids is 1. The van der Waals surface area contributed by atoms with Gasteiger partial charge in [-0.15, -0.1) is 0 Å². The monoisotopic (exact) mass is 314 g/mol. The summed E-state index contributed by atoms with van der Waals surface area (Å²) in [6, 6.07) is 10.4. The molecular formula is C15H14N4O4. The SMILES string of the molecule is CCOC(=O)c1ccoc1Cn1nnn(-c2ccccc2)c1=O. The van der Waals surface area contributed by atoms with Gasteiger partial charge in [-0.3, -0.25) is 0 Å². The van der Waals surface area contributed by atoms with Crippen LogP contribution < -0.4 is 5.69 Å². The third-order valence-corrected chi connectivity index (χ3v) is 3.17. The van der Waals surface area contributed by atoms with E-state index in [2.05, 4.69) is 10.4 Å². The highest BCUT2D eigenvalue weighted by atomic mass is 16.5. The highest BCUT2D eigenvalue weighted by molar-refractivity contribution is 5.90. The normalized spacial score (nSPS) is 10.7. The summed E-state index contributed by atoms with van der Waals surface area (Å²) in [5.41, 5.74) is 0.448. The molecule has 1 aromatic carbocycles. The van der Waals surface area contributed by atoms with Crippen molar-refractivity contribution in [1.29, 1.82) is 0 Å². The fourth-order valence-corrected chi connectivity index (χ4v) is 2.09. The molecule has 0 N–H and O–H groups in total. The van der Waals surface area contributed by atoms with Gasteiger partial charge in [0.05, 0.1) is 18.6 Å². The van der Waals surface area contributed by atoms with Crippen LogP contribution in [0.5, 0.6) is 0 Å². The molecule has 0 saturated heterocycles. The second-order valence-electron chi connectivity index (χ2n) is 4.64. The number of para-hydroxylation sites is 1. The Hall–Kier alpha value is -3.16. The van der Waals surface area contributed by atoms with Crippen LogP contribution in [0.25, 0.3) is 5.69 Å². The second-order valence-corrected chi connectivity index (χ2v) is 4.64. The Bertz CT molecular complexity index is 863. The highest BCUT2D eigenvalue weighted by Gasteiger charge is 2.18. The van der Waals surface area contributed by atoms with Gasteiger partial charge >= 0.3 is 11.7 Å². The van der Waals surface area contributed by atoms with E-state index in [0.717, 1.165) is 4.68 Å². The van der Waals surface area contributed by atoms with Gasteiger partial charge in [-0.25, -0.2) is 9.59 Å². The molecule has 0 aliphatic carbocycles. The lowest BCUT2D eigenvalue weighted by Crippen LogP contribution is -2.25. The molecule has 3 aromatic rings. The van der Waals surface area contributed by atoms with Crippen LogP contribution in [0.15, 0.2) is 51.9 Å². The molecule has 0 atom stereocenters. The summed E-state index contributed by atoms with van der Waals surface area (Å²) in [4.78, 5) is 24.2. The summed E-state index contributed by atoms with van der Waals surface area (Å²) in [5.74, 6) is -0.203. The lowest BCUT2D eigenvalue weighted by Gasteiger charge is -2.01. The molecule has 0 aliphatic heterocycles. The van der Waals surface area contributed by atoms with Crippen molar-refractivity contribution in [1.82, 2.24) is 19.8 Å². The molecule has 0 bridgehead atoms. The highest BCUT2D eigenvalue weighted by Crippen LogP contribution is 2.13. The number of aromatic nitrogens is 4. The Labute approximate surface area is 130 Å². The van der Waals surface area contributed by atoms with Gasteiger partial charge in [0.1, 0.15) is 17.9 Å². The lowest BCUT2D eigenvalue weighted by atomic mass is 10.2. The number of benzene rings is 1. The lowest BCUT2D eigenvalue weighted by molar-refractivity contribution is 0.0523. The van der Waals surface area contributed by atoms with Crippen LogP contribution in [0.4, 0.5) is 0 Å². The largest absolute Gasteiger partial charge is 0.466 e. The Morgan fingerprint density at radius 3 is 2.74 bits per heavy atom.